The maximum atomic E-state index is 12.2. The monoisotopic (exact) mass is 292 g/mol. The first-order valence-corrected chi connectivity index (χ1v) is 6.88. The van der Waals surface area contributed by atoms with Gasteiger partial charge in [0, 0.05) is 26.2 Å². The lowest BCUT2D eigenvalue weighted by Gasteiger charge is -2.21. The molecule has 2 fully saturated rings. The molecule has 2 N–H and O–H groups in total. The summed E-state index contributed by atoms with van der Waals surface area (Å²) in [6.07, 6.45) is 1.26. The lowest BCUT2D eigenvalue weighted by atomic mass is 10.2. The topological polar surface area (TPSA) is 61.8 Å². The molecule has 19 heavy (non-hydrogen) atoms. The molecule has 0 radical (unpaired) electrons. The number of nitrogens with one attached hydrogen (secondary N) is 1. The van der Waals surface area contributed by atoms with Crippen LogP contribution < -0.4 is 5.32 Å². The van der Waals surface area contributed by atoms with Crippen molar-refractivity contribution in [3.05, 3.63) is 0 Å². The zero-order chi connectivity index (χ0) is 13.1. The van der Waals surface area contributed by atoms with Crippen molar-refractivity contribution in [1.29, 1.82) is 0 Å². The number of aliphatic hydroxyl groups is 1. The molecule has 0 aliphatic carbocycles. The van der Waals surface area contributed by atoms with Gasteiger partial charge in [-0.25, -0.2) is 0 Å². The molecule has 0 aromatic carbocycles. The number of aliphatic hydroxyl groups excluding tert-OH is 1. The highest BCUT2D eigenvalue weighted by atomic mass is 35.5. The van der Waals surface area contributed by atoms with Crippen molar-refractivity contribution in [1.82, 2.24) is 10.2 Å². The molecule has 0 aromatic heterocycles. The zero-order valence-electron chi connectivity index (χ0n) is 11.7. The van der Waals surface area contributed by atoms with Crippen LogP contribution >= 0.6 is 12.4 Å². The molecule has 112 valence electrons. The van der Waals surface area contributed by atoms with E-state index in [1.54, 1.807) is 0 Å². The van der Waals surface area contributed by atoms with Crippen LogP contribution in [-0.4, -0.2) is 60.4 Å². The van der Waals surface area contributed by atoms with Crippen LogP contribution in [0.5, 0.6) is 0 Å². The summed E-state index contributed by atoms with van der Waals surface area (Å²) in [6.45, 7) is 7.00. The molecule has 6 heteroatoms. The quantitative estimate of drug-likeness (QED) is 0.788. The Hall–Kier alpha value is -0.360. The lowest BCUT2D eigenvalue weighted by Crippen LogP contribution is -2.42. The van der Waals surface area contributed by atoms with E-state index >= 15 is 0 Å². The summed E-state index contributed by atoms with van der Waals surface area (Å²) in [5.74, 6) is 0.642. The SMILES string of the molecule is CC(C)COC1CCN(C(=O)C2CC(O)CN2)C1.Cl. The zero-order valence-corrected chi connectivity index (χ0v) is 12.5. The highest BCUT2D eigenvalue weighted by Crippen LogP contribution is 2.17. The molecule has 0 saturated carbocycles. The van der Waals surface area contributed by atoms with Crippen LogP contribution in [0.3, 0.4) is 0 Å². The number of rotatable bonds is 4. The molecule has 0 aromatic rings. The van der Waals surface area contributed by atoms with Crippen LogP contribution in [0.2, 0.25) is 0 Å². The maximum Gasteiger partial charge on any atom is 0.239 e. The summed E-state index contributed by atoms with van der Waals surface area (Å²) in [5, 5.41) is 12.5. The highest BCUT2D eigenvalue weighted by molar-refractivity contribution is 5.85. The molecule has 0 spiro atoms. The summed E-state index contributed by atoms with van der Waals surface area (Å²) in [6, 6.07) is -0.205. The number of carbonyl (C=O) groups is 1. The molecule has 3 atom stereocenters. The van der Waals surface area contributed by atoms with Gasteiger partial charge in [-0.05, 0) is 18.8 Å². The Balaban J connectivity index is 0.00000180. The maximum absolute atomic E-state index is 12.2. The van der Waals surface area contributed by atoms with Crippen LogP contribution in [0.1, 0.15) is 26.7 Å². The molecular formula is C13H25ClN2O3. The van der Waals surface area contributed by atoms with Crippen molar-refractivity contribution in [2.45, 2.75) is 44.9 Å². The first-order valence-electron chi connectivity index (χ1n) is 6.88. The fourth-order valence-corrected chi connectivity index (χ4v) is 2.52. The van der Waals surface area contributed by atoms with E-state index in [9.17, 15) is 9.90 Å². The second kappa shape index (κ2) is 7.43. The predicted octanol–water partition coefficient (Wildman–Crippen LogP) is 0.404. The first-order chi connectivity index (χ1) is 8.56. The van der Waals surface area contributed by atoms with Crippen molar-refractivity contribution >= 4 is 18.3 Å². The number of hydrogen-bond acceptors (Lipinski definition) is 4. The van der Waals surface area contributed by atoms with Crippen molar-refractivity contribution in [3.63, 3.8) is 0 Å². The molecule has 0 bridgehead atoms. The van der Waals surface area contributed by atoms with Gasteiger partial charge in [0.05, 0.1) is 18.2 Å². The van der Waals surface area contributed by atoms with Crippen LogP contribution in [-0.2, 0) is 9.53 Å². The van der Waals surface area contributed by atoms with E-state index < -0.39 is 0 Å². The van der Waals surface area contributed by atoms with Crippen LogP contribution in [0, 0.1) is 5.92 Å². The average molecular weight is 293 g/mol. The second-order valence-corrected chi connectivity index (χ2v) is 5.77. The van der Waals surface area contributed by atoms with Crippen LogP contribution in [0.15, 0.2) is 0 Å². The summed E-state index contributed by atoms with van der Waals surface area (Å²) in [7, 11) is 0. The molecule has 2 aliphatic rings. The molecule has 2 heterocycles. The van der Waals surface area contributed by atoms with Gasteiger partial charge in [-0.1, -0.05) is 13.8 Å². The molecule has 5 nitrogen and oxygen atoms in total. The second-order valence-electron chi connectivity index (χ2n) is 5.77. The van der Waals surface area contributed by atoms with E-state index in [1.165, 1.54) is 0 Å². The molecule has 3 unspecified atom stereocenters. The summed E-state index contributed by atoms with van der Waals surface area (Å²) >= 11 is 0. The third kappa shape index (κ3) is 4.60. The third-order valence-corrected chi connectivity index (χ3v) is 3.53. The van der Waals surface area contributed by atoms with Gasteiger partial charge in [-0.2, -0.15) is 0 Å². The Morgan fingerprint density at radius 1 is 1.53 bits per heavy atom. The fraction of sp³-hybridized carbons (Fsp3) is 0.923. The molecular weight excluding hydrogens is 268 g/mol. The van der Waals surface area contributed by atoms with E-state index in [4.69, 9.17) is 4.74 Å². The average Bonchev–Trinajstić information content (AvgIpc) is 2.94. The van der Waals surface area contributed by atoms with Crippen LogP contribution in [0.4, 0.5) is 0 Å². The minimum Gasteiger partial charge on any atom is -0.392 e. The van der Waals surface area contributed by atoms with Crippen molar-refractivity contribution < 1.29 is 14.6 Å². The fourth-order valence-electron chi connectivity index (χ4n) is 2.52. The number of halogens is 1. The number of hydrogen-bond donors (Lipinski definition) is 2. The number of likely N-dealkylation sites (tertiary alicyclic amines) is 1. The molecule has 2 rings (SSSR count). The van der Waals surface area contributed by atoms with Gasteiger partial charge in [-0.3, -0.25) is 4.79 Å². The number of ether oxygens (including phenoxy) is 1. The number of amides is 1. The van der Waals surface area contributed by atoms with Crippen LogP contribution in [0.25, 0.3) is 0 Å². The van der Waals surface area contributed by atoms with Gasteiger partial charge in [0.2, 0.25) is 5.91 Å². The van der Waals surface area contributed by atoms with Crippen molar-refractivity contribution in [2.24, 2.45) is 5.92 Å². The lowest BCUT2D eigenvalue weighted by molar-refractivity contribution is -0.132. The van der Waals surface area contributed by atoms with E-state index in [2.05, 4.69) is 19.2 Å². The Labute approximate surface area is 121 Å². The standard InChI is InChI=1S/C13H24N2O3.ClH/c1-9(2)8-18-11-3-4-15(7-11)13(17)12-5-10(16)6-14-12;/h9-12,14,16H,3-8H2,1-2H3;1H. The van der Waals surface area contributed by atoms with Gasteiger partial charge < -0.3 is 20.1 Å². The van der Waals surface area contributed by atoms with Gasteiger partial charge in [0.1, 0.15) is 0 Å². The Morgan fingerprint density at radius 3 is 2.84 bits per heavy atom. The van der Waals surface area contributed by atoms with Gasteiger partial charge in [0.15, 0.2) is 0 Å². The number of nitrogens with zero attached hydrogens (tertiary/aromatic N) is 1. The van der Waals surface area contributed by atoms with Gasteiger partial charge in [0.25, 0.3) is 0 Å². The van der Waals surface area contributed by atoms with E-state index in [1.807, 2.05) is 4.90 Å². The number of carbonyl (C=O) groups excluding carboxylic acids is 1. The Bertz CT molecular complexity index is 302. The summed E-state index contributed by atoms with van der Waals surface area (Å²) in [5.41, 5.74) is 0. The predicted molar refractivity (Wildman–Crippen MR) is 75.4 cm³/mol. The summed E-state index contributed by atoms with van der Waals surface area (Å²) in [4.78, 5) is 14.0. The minimum absolute atomic E-state index is 0. The first kappa shape index (κ1) is 16.7. The normalized spacial score (nSPS) is 30.7. The van der Waals surface area contributed by atoms with Crippen molar-refractivity contribution in [3.8, 4) is 0 Å². The minimum atomic E-state index is -0.380. The summed E-state index contributed by atoms with van der Waals surface area (Å²) < 4.78 is 5.76. The third-order valence-electron chi connectivity index (χ3n) is 3.53. The van der Waals surface area contributed by atoms with Gasteiger partial charge >= 0.3 is 0 Å². The molecule has 1 amide bonds. The van der Waals surface area contributed by atoms with Gasteiger partial charge in [-0.15, -0.1) is 12.4 Å². The smallest absolute Gasteiger partial charge is 0.239 e. The van der Waals surface area contributed by atoms with Crippen molar-refractivity contribution in [2.75, 3.05) is 26.2 Å². The van der Waals surface area contributed by atoms with E-state index in [-0.39, 0.29) is 36.6 Å². The highest BCUT2D eigenvalue weighted by Gasteiger charge is 2.34. The Morgan fingerprint density at radius 2 is 2.26 bits per heavy atom. The largest absolute Gasteiger partial charge is 0.392 e. The Kier molecular flexibility index (Phi) is 6.53. The van der Waals surface area contributed by atoms with E-state index in [0.717, 1.165) is 19.6 Å². The van der Waals surface area contributed by atoms with E-state index in [0.29, 0.717) is 25.4 Å². The molecule has 2 aliphatic heterocycles. The number of β-amino-alcohol motifs (C(OH)–C–C–N with tert-alkyl or cyclic N) is 1. The molecule has 2 saturated heterocycles.